The zero-order valence-corrected chi connectivity index (χ0v) is 20.0. The molecule has 158 valence electrons. The van der Waals surface area contributed by atoms with Crippen LogP contribution in [0.4, 0.5) is 0 Å². The fourth-order valence-electron chi connectivity index (χ4n) is 2.64. The second kappa shape index (κ2) is 13.4. The first-order valence-corrected chi connectivity index (χ1v) is 11.5. The van der Waals surface area contributed by atoms with Crippen LogP contribution in [0.2, 0.25) is 10.0 Å². The second-order valence-electron chi connectivity index (χ2n) is 6.58. The van der Waals surface area contributed by atoms with E-state index in [1.54, 1.807) is 6.07 Å². The number of hydrogen-bond donors (Lipinski definition) is 4. The van der Waals surface area contributed by atoms with Gasteiger partial charge < -0.3 is 16.4 Å². The van der Waals surface area contributed by atoms with Crippen LogP contribution in [0.5, 0.6) is 0 Å². The number of nitrogens with zero attached hydrogens (tertiary/aromatic N) is 1. The van der Waals surface area contributed by atoms with Crippen LogP contribution in [0.3, 0.4) is 0 Å². The first kappa shape index (κ1) is 24.3. The number of nitrogens with one attached hydrogen (secondary N) is 3. The van der Waals surface area contributed by atoms with Gasteiger partial charge in [-0.25, -0.2) is 0 Å². The molecule has 0 fully saturated rings. The summed E-state index contributed by atoms with van der Waals surface area (Å²) in [6, 6.07) is 9.64. The summed E-state index contributed by atoms with van der Waals surface area (Å²) in [7, 11) is 0. The minimum absolute atomic E-state index is 0.0237. The summed E-state index contributed by atoms with van der Waals surface area (Å²) >= 11 is 21.0. The van der Waals surface area contributed by atoms with E-state index in [9.17, 15) is 0 Å². The molecule has 0 aliphatic carbocycles. The third kappa shape index (κ3) is 9.59. The largest absolute Gasteiger partial charge is 0.363 e. The molecular weight excluding hydrogens is 493 g/mol. The van der Waals surface area contributed by atoms with Crippen molar-refractivity contribution in [3.63, 3.8) is 0 Å². The number of unbranched alkanes of at least 4 members (excludes halogenated alkanes) is 1. The number of nitrogens with two attached hydrogens (primary N) is 1. The van der Waals surface area contributed by atoms with E-state index in [0.717, 1.165) is 48.0 Å². The lowest BCUT2D eigenvalue weighted by Gasteiger charge is -2.22. The van der Waals surface area contributed by atoms with Gasteiger partial charge in [0, 0.05) is 29.5 Å². The van der Waals surface area contributed by atoms with Crippen molar-refractivity contribution in [2.45, 2.75) is 38.4 Å². The summed E-state index contributed by atoms with van der Waals surface area (Å²) in [6.45, 7) is 2.13. The average Bonchev–Trinajstić information content (AvgIpc) is 2.71. The van der Waals surface area contributed by atoms with Crippen molar-refractivity contribution < 1.29 is 0 Å². The van der Waals surface area contributed by atoms with Crippen LogP contribution in [0.25, 0.3) is 0 Å². The van der Waals surface area contributed by atoms with E-state index in [2.05, 4.69) is 36.9 Å². The normalized spacial score (nSPS) is 11.9. The molecule has 0 bridgehead atoms. The number of pyridine rings is 1. The summed E-state index contributed by atoms with van der Waals surface area (Å²) in [5.74, 6) is 0. The Balaban J connectivity index is 1.92. The number of rotatable bonds is 11. The smallest absolute Gasteiger partial charge is 0.167 e. The van der Waals surface area contributed by atoms with Crippen LogP contribution in [0, 0.1) is 0 Å². The fourth-order valence-corrected chi connectivity index (χ4v) is 3.44. The molecule has 1 heterocycles. The van der Waals surface area contributed by atoms with Crippen LogP contribution in [0.15, 0.2) is 41.0 Å². The van der Waals surface area contributed by atoms with Gasteiger partial charge in [-0.1, -0.05) is 29.3 Å². The van der Waals surface area contributed by atoms with Crippen molar-refractivity contribution in [3.05, 3.63) is 62.3 Å². The minimum Gasteiger partial charge on any atom is -0.363 e. The molecule has 0 spiro atoms. The Hall–Kier alpha value is -0.960. The van der Waals surface area contributed by atoms with Gasteiger partial charge in [0.05, 0.1) is 16.2 Å². The van der Waals surface area contributed by atoms with Crippen LogP contribution in [-0.4, -0.2) is 29.4 Å². The summed E-state index contributed by atoms with van der Waals surface area (Å²) in [6.07, 6.45) is 5.39. The van der Waals surface area contributed by atoms with Gasteiger partial charge in [-0.05, 0) is 90.2 Å². The van der Waals surface area contributed by atoms with E-state index < -0.39 is 0 Å². The maximum Gasteiger partial charge on any atom is 0.167 e. The SMILES string of the molecule is NCCCCNC(=S)NC(CCc1ccc(Br)cn1)NCc1ccc(Cl)c(Cl)c1. The molecule has 5 nitrogen and oxygen atoms in total. The Kier molecular flexibility index (Phi) is 11.2. The van der Waals surface area contributed by atoms with E-state index in [1.807, 2.05) is 30.5 Å². The number of benzene rings is 1. The second-order valence-corrected chi connectivity index (χ2v) is 8.72. The quantitative estimate of drug-likeness (QED) is 0.201. The van der Waals surface area contributed by atoms with Gasteiger partial charge in [0.2, 0.25) is 0 Å². The van der Waals surface area contributed by atoms with Gasteiger partial charge in [0.1, 0.15) is 0 Å². The summed E-state index contributed by atoms with van der Waals surface area (Å²) < 4.78 is 0.969. The molecule has 1 aromatic carbocycles. The molecule has 0 radical (unpaired) electrons. The van der Waals surface area contributed by atoms with Crippen LogP contribution >= 0.6 is 51.3 Å². The molecule has 0 amide bonds. The minimum atomic E-state index is -0.0237. The molecule has 5 N–H and O–H groups in total. The van der Waals surface area contributed by atoms with E-state index in [4.69, 9.17) is 41.2 Å². The molecule has 0 saturated heterocycles. The highest BCUT2D eigenvalue weighted by molar-refractivity contribution is 9.10. The predicted molar refractivity (Wildman–Crippen MR) is 129 cm³/mol. The third-order valence-electron chi connectivity index (χ3n) is 4.24. The highest BCUT2D eigenvalue weighted by Crippen LogP contribution is 2.22. The van der Waals surface area contributed by atoms with Crippen LogP contribution in [0.1, 0.15) is 30.5 Å². The Morgan fingerprint density at radius 1 is 1.17 bits per heavy atom. The maximum absolute atomic E-state index is 6.12. The lowest BCUT2D eigenvalue weighted by Crippen LogP contribution is -2.49. The Morgan fingerprint density at radius 3 is 2.69 bits per heavy atom. The number of halogens is 3. The number of aromatic nitrogens is 1. The standard InChI is InChI=1S/C20H26BrCl2N5S/c21-15-4-5-16(26-13-15)6-8-19(28-20(29)25-10-2-1-9-24)27-12-14-3-7-17(22)18(23)11-14/h3-5,7,11,13,19,27H,1-2,6,8-10,12,24H2,(H2,25,28,29). The molecule has 1 atom stereocenters. The summed E-state index contributed by atoms with van der Waals surface area (Å²) in [4.78, 5) is 4.44. The first-order chi connectivity index (χ1) is 14.0. The van der Waals surface area contributed by atoms with Gasteiger partial charge in [-0.3, -0.25) is 10.3 Å². The highest BCUT2D eigenvalue weighted by atomic mass is 79.9. The molecule has 29 heavy (non-hydrogen) atoms. The van der Waals surface area contributed by atoms with Gasteiger partial charge in [0.15, 0.2) is 5.11 Å². The number of thiocarbonyl (C=S) groups is 1. The van der Waals surface area contributed by atoms with Crippen molar-refractivity contribution in [1.82, 2.24) is 20.9 Å². The molecule has 2 rings (SSSR count). The molecule has 0 aliphatic rings. The lowest BCUT2D eigenvalue weighted by molar-refractivity contribution is 0.449. The van der Waals surface area contributed by atoms with Crippen molar-refractivity contribution in [1.29, 1.82) is 0 Å². The van der Waals surface area contributed by atoms with E-state index in [1.165, 1.54) is 0 Å². The zero-order chi connectivity index (χ0) is 21.1. The topological polar surface area (TPSA) is 75.0 Å². The predicted octanol–water partition coefficient (Wildman–Crippen LogP) is 4.40. The number of aryl methyl sites for hydroxylation is 1. The van der Waals surface area contributed by atoms with Crippen molar-refractivity contribution in [2.24, 2.45) is 5.73 Å². The average molecular weight is 519 g/mol. The molecule has 0 aliphatic heterocycles. The van der Waals surface area contributed by atoms with Crippen molar-refractivity contribution >= 4 is 56.5 Å². The van der Waals surface area contributed by atoms with Crippen molar-refractivity contribution in [2.75, 3.05) is 13.1 Å². The molecule has 0 saturated carbocycles. The van der Waals surface area contributed by atoms with Crippen LogP contribution in [-0.2, 0) is 13.0 Å². The van der Waals surface area contributed by atoms with Gasteiger partial charge in [-0.15, -0.1) is 0 Å². The van der Waals surface area contributed by atoms with Gasteiger partial charge in [-0.2, -0.15) is 0 Å². The van der Waals surface area contributed by atoms with Gasteiger partial charge >= 0.3 is 0 Å². The van der Waals surface area contributed by atoms with Gasteiger partial charge in [0.25, 0.3) is 0 Å². The Morgan fingerprint density at radius 2 is 2.00 bits per heavy atom. The maximum atomic E-state index is 6.12. The third-order valence-corrected chi connectivity index (χ3v) is 5.71. The summed E-state index contributed by atoms with van der Waals surface area (Å²) in [5, 5.41) is 11.8. The highest BCUT2D eigenvalue weighted by Gasteiger charge is 2.11. The molecule has 1 unspecified atom stereocenters. The van der Waals surface area contributed by atoms with Crippen LogP contribution < -0.4 is 21.7 Å². The summed E-state index contributed by atoms with van der Waals surface area (Å²) in [5.41, 5.74) is 7.61. The Bertz CT molecular complexity index is 776. The first-order valence-electron chi connectivity index (χ1n) is 9.50. The lowest BCUT2D eigenvalue weighted by atomic mass is 10.1. The van der Waals surface area contributed by atoms with E-state index in [0.29, 0.717) is 28.2 Å². The fraction of sp³-hybridized carbons (Fsp3) is 0.400. The Labute approximate surface area is 196 Å². The number of hydrogen-bond acceptors (Lipinski definition) is 4. The van der Waals surface area contributed by atoms with E-state index in [-0.39, 0.29) is 6.17 Å². The molecular formula is C20H26BrCl2N5S. The molecule has 2 aromatic rings. The van der Waals surface area contributed by atoms with Crippen molar-refractivity contribution in [3.8, 4) is 0 Å². The molecule has 1 aromatic heterocycles. The molecule has 9 heteroatoms. The zero-order valence-electron chi connectivity index (χ0n) is 16.1. The van der Waals surface area contributed by atoms with E-state index >= 15 is 0 Å². The monoisotopic (exact) mass is 517 g/mol.